The van der Waals surface area contributed by atoms with Crippen LogP contribution in [0.1, 0.15) is 16.1 Å². The summed E-state index contributed by atoms with van der Waals surface area (Å²) < 4.78 is 0. The second-order valence-electron chi connectivity index (χ2n) is 3.34. The van der Waals surface area contributed by atoms with Crippen LogP contribution in [0.3, 0.4) is 0 Å². The number of rotatable bonds is 3. The minimum Gasteiger partial charge on any atom is -0.347 e. The summed E-state index contributed by atoms with van der Waals surface area (Å²) in [6, 6.07) is 3.65. The molecule has 2 N–H and O–H groups in total. The first-order valence-corrected chi connectivity index (χ1v) is 4.97. The highest BCUT2D eigenvalue weighted by Gasteiger charge is 2.06. The summed E-state index contributed by atoms with van der Waals surface area (Å²) in [4.78, 5) is 32.4. The van der Waals surface area contributed by atoms with Crippen molar-refractivity contribution in [3.63, 3.8) is 0 Å². The number of H-pyrrole nitrogens is 1. The molecule has 2 aromatic heterocycles. The zero-order valence-electron chi connectivity index (χ0n) is 8.88. The Balaban J connectivity index is 1.98. The highest BCUT2D eigenvalue weighted by atomic mass is 16.2. The van der Waals surface area contributed by atoms with Gasteiger partial charge in [-0.1, -0.05) is 6.07 Å². The van der Waals surface area contributed by atoms with Crippen LogP contribution in [-0.4, -0.2) is 20.9 Å². The molecule has 0 spiro atoms. The van der Waals surface area contributed by atoms with Crippen molar-refractivity contribution in [2.45, 2.75) is 6.54 Å². The lowest BCUT2D eigenvalue weighted by atomic mass is 10.3. The minimum atomic E-state index is -0.342. The normalized spacial score (nSPS) is 9.88. The Kier molecular flexibility index (Phi) is 3.25. The average Bonchev–Trinajstić information content (AvgIpc) is 2.38. The lowest BCUT2D eigenvalue weighted by Gasteiger charge is -2.03. The monoisotopic (exact) mass is 230 g/mol. The van der Waals surface area contributed by atoms with E-state index in [1.807, 2.05) is 6.07 Å². The zero-order chi connectivity index (χ0) is 12.1. The van der Waals surface area contributed by atoms with Crippen molar-refractivity contribution in [2.75, 3.05) is 0 Å². The third kappa shape index (κ3) is 2.97. The molecule has 0 radical (unpaired) electrons. The van der Waals surface area contributed by atoms with Crippen LogP contribution in [0.25, 0.3) is 0 Å². The molecule has 0 atom stereocenters. The predicted octanol–water partition coefficient (Wildman–Crippen LogP) is 0.0949. The van der Waals surface area contributed by atoms with E-state index in [1.54, 1.807) is 18.5 Å². The quantitative estimate of drug-likeness (QED) is 0.782. The molecule has 1 amide bonds. The largest absolute Gasteiger partial charge is 0.347 e. The van der Waals surface area contributed by atoms with Gasteiger partial charge >= 0.3 is 0 Å². The molecule has 6 heteroatoms. The van der Waals surface area contributed by atoms with Gasteiger partial charge < -0.3 is 10.3 Å². The van der Waals surface area contributed by atoms with Crippen LogP contribution in [-0.2, 0) is 6.54 Å². The van der Waals surface area contributed by atoms with E-state index >= 15 is 0 Å². The van der Waals surface area contributed by atoms with Gasteiger partial charge in [0.25, 0.3) is 11.5 Å². The van der Waals surface area contributed by atoms with E-state index in [-0.39, 0.29) is 17.2 Å². The van der Waals surface area contributed by atoms with E-state index < -0.39 is 0 Å². The molecule has 0 aliphatic rings. The number of aromatic nitrogens is 3. The van der Waals surface area contributed by atoms with E-state index in [4.69, 9.17) is 0 Å². The second kappa shape index (κ2) is 5.02. The summed E-state index contributed by atoms with van der Waals surface area (Å²) in [5.41, 5.74) is 0.729. The highest BCUT2D eigenvalue weighted by molar-refractivity contribution is 5.91. The number of amides is 1. The molecule has 2 heterocycles. The van der Waals surface area contributed by atoms with Gasteiger partial charge in [0.1, 0.15) is 5.69 Å². The minimum absolute atomic E-state index is 0.175. The Morgan fingerprint density at radius 1 is 1.41 bits per heavy atom. The third-order valence-electron chi connectivity index (χ3n) is 2.08. The fourth-order valence-electron chi connectivity index (χ4n) is 1.24. The molecule has 17 heavy (non-hydrogen) atoms. The number of hydrogen-bond donors (Lipinski definition) is 2. The van der Waals surface area contributed by atoms with Gasteiger partial charge in [0.2, 0.25) is 0 Å². The Morgan fingerprint density at radius 2 is 2.29 bits per heavy atom. The fraction of sp³-hybridized carbons (Fsp3) is 0.0909. The van der Waals surface area contributed by atoms with Crippen molar-refractivity contribution in [1.82, 2.24) is 20.3 Å². The molecule has 2 rings (SSSR count). The topological polar surface area (TPSA) is 87.7 Å². The summed E-state index contributed by atoms with van der Waals surface area (Å²) in [6.45, 7) is 0.369. The van der Waals surface area contributed by atoms with Crippen molar-refractivity contribution in [3.05, 3.63) is 58.5 Å². The Hall–Kier alpha value is -2.50. The molecule has 86 valence electrons. The van der Waals surface area contributed by atoms with Gasteiger partial charge in [-0.3, -0.25) is 14.6 Å². The van der Waals surface area contributed by atoms with Gasteiger partial charge in [0.15, 0.2) is 0 Å². The Bertz CT molecular complexity index is 545. The van der Waals surface area contributed by atoms with Crippen LogP contribution < -0.4 is 10.9 Å². The summed E-state index contributed by atoms with van der Waals surface area (Å²) in [5, 5.41) is 2.67. The van der Waals surface area contributed by atoms with E-state index in [0.717, 1.165) is 11.8 Å². The van der Waals surface area contributed by atoms with E-state index in [1.165, 1.54) is 6.20 Å². The molecule has 6 nitrogen and oxygen atoms in total. The number of aromatic amines is 1. The van der Waals surface area contributed by atoms with Gasteiger partial charge in [0, 0.05) is 25.1 Å². The van der Waals surface area contributed by atoms with Gasteiger partial charge in [-0.2, -0.15) is 0 Å². The zero-order valence-corrected chi connectivity index (χ0v) is 8.88. The molecular weight excluding hydrogens is 220 g/mol. The first-order valence-electron chi connectivity index (χ1n) is 4.97. The molecule has 0 unspecified atom stereocenters. The maximum atomic E-state index is 11.6. The second-order valence-corrected chi connectivity index (χ2v) is 3.34. The van der Waals surface area contributed by atoms with Gasteiger partial charge in [-0.15, -0.1) is 0 Å². The van der Waals surface area contributed by atoms with Gasteiger partial charge in [0.05, 0.1) is 6.20 Å². The number of hydrogen-bond acceptors (Lipinski definition) is 4. The van der Waals surface area contributed by atoms with Crippen LogP contribution in [0.5, 0.6) is 0 Å². The average molecular weight is 230 g/mol. The van der Waals surface area contributed by atoms with Crippen LogP contribution in [0.2, 0.25) is 0 Å². The van der Waals surface area contributed by atoms with Crippen molar-refractivity contribution in [3.8, 4) is 0 Å². The number of nitrogens with zero attached hydrogens (tertiary/aromatic N) is 2. The van der Waals surface area contributed by atoms with Crippen molar-refractivity contribution >= 4 is 5.91 Å². The highest BCUT2D eigenvalue weighted by Crippen LogP contribution is 1.95. The van der Waals surface area contributed by atoms with Crippen molar-refractivity contribution in [1.29, 1.82) is 0 Å². The fourth-order valence-corrected chi connectivity index (χ4v) is 1.24. The molecule has 0 bridgehead atoms. The van der Waals surface area contributed by atoms with Gasteiger partial charge in [-0.25, -0.2) is 4.98 Å². The smallest absolute Gasteiger partial charge is 0.271 e. The van der Waals surface area contributed by atoms with Crippen LogP contribution in [0.4, 0.5) is 0 Å². The van der Waals surface area contributed by atoms with Gasteiger partial charge in [-0.05, 0) is 11.6 Å². The summed E-state index contributed by atoms with van der Waals surface area (Å²) in [5.74, 6) is -0.342. The summed E-state index contributed by atoms with van der Waals surface area (Å²) in [7, 11) is 0. The first kappa shape index (κ1) is 11.0. The molecule has 0 aliphatic heterocycles. The number of carbonyl (C=O) groups is 1. The maximum absolute atomic E-state index is 11.6. The Labute approximate surface area is 96.8 Å². The van der Waals surface area contributed by atoms with Crippen LogP contribution in [0, 0.1) is 0 Å². The summed E-state index contributed by atoms with van der Waals surface area (Å²) >= 11 is 0. The van der Waals surface area contributed by atoms with E-state index in [9.17, 15) is 9.59 Å². The van der Waals surface area contributed by atoms with Crippen LogP contribution in [0.15, 0.2) is 41.7 Å². The lowest BCUT2D eigenvalue weighted by molar-refractivity contribution is 0.0945. The molecule has 2 aromatic rings. The number of pyridine rings is 1. The maximum Gasteiger partial charge on any atom is 0.271 e. The standard InChI is InChI=1S/C11H10N4O2/c16-10-7-13-9(6-14-10)11(17)15-5-8-2-1-3-12-4-8/h1-4,6-7H,5H2,(H,14,16)(H,15,17). The van der Waals surface area contributed by atoms with Crippen molar-refractivity contribution in [2.24, 2.45) is 0 Å². The van der Waals surface area contributed by atoms with Crippen molar-refractivity contribution < 1.29 is 4.79 Å². The number of nitrogens with one attached hydrogen (secondary N) is 2. The lowest BCUT2D eigenvalue weighted by Crippen LogP contribution is -2.25. The predicted molar refractivity (Wildman–Crippen MR) is 60.3 cm³/mol. The molecular formula is C11H10N4O2. The third-order valence-corrected chi connectivity index (χ3v) is 2.08. The Morgan fingerprint density at radius 3 is 2.94 bits per heavy atom. The van der Waals surface area contributed by atoms with E-state index in [2.05, 4.69) is 20.3 Å². The molecule has 0 saturated heterocycles. The number of carbonyl (C=O) groups excluding carboxylic acids is 1. The molecule has 0 saturated carbocycles. The van der Waals surface area contributed by atoms with Crippen LogP contribution >= 0.6 is 0 Å². The first-order chi connectivity index (χ1) is 8.25. The summed E-state index contributed by atoms with van der Waals surface area (Å²) in [6.07, 6.45) is 5.68. The molecule has 0 aliphatic carbocycles. The SMILES string of the molecule is O=C(NCc1cccnc1)c1c[nH]c(=O)cn1. The molecule has 0 aromatic carbocycles. The molecule has 0 fully saturated rings. The van der Waals surface area contributed by atoms with E-state index in [0.29, 0.717) is 6.54 Å².